The Morgan fingerprint density at radius 3 is 0.625 bits per heavy atom. The first kappa shape index (κ1) is 71.1. The summed E-state index contributed by atoms with van der Waals surface area (Å²) in [4.78, 5) is 0. The Labute approximate surface area is 640 Å². The first-order valence-electron chi connectivity index (χ1n) is 33.7. The van der Waals surface area contributed by atoms with Crippen LogP contribution in [0, 0.1) is 45.3 Å². The van der Waals surface area contributed by atoms with Crippen molar-refractivity contribution in [3.63, 3.8) is 0 Å². The number of fused-ring (bicyclic) bond motifs is 8. The second kappa shape index (κ2) is 34.1. The van der Waals surface area contributed by atoms with Gasteiger partial charge in [0.05, 0.1) is 46.6 Å². The number of nitrogens with zero attached hydrogens (tertiary/aromatic N) is 4. The minimum Gasteiger partial charge on any atom is -0.488 e. The van der Waals surface area contributed by atoms with E-state index in [1.807, 2.05) is 291 Å². The van der Waals surface area contributed by atoms with Crippen molar-refractivity contribution in [1.29, 1.82) is 21.0 Å². The van der Waals surface area contributed by atoms with Gasteiger partial charge in [0.2, 0.25) is 0 Å². The van der Waals surface area contributed by atoms with Gasteiger partial charge in [-0.25, -0.2) is 0 Å². The quantitative estimate of drug-likeness (QED) is 0.0544. The number of benzene rings is 12. The number of ether oxygens (including phenoxy) is 4. The van der Waals surface area contributed by atoms with E-state index in [2.05, 4.69) is 88.0 Å². The lowest BCUT2D eigenvalue weighted by atomic mass is 9.86. The van der Waals surface area contributed by atoms with Gasteiger partial charge >= 0.3 is 0 Å². The molecule has 104 heavy (non-hydrogen) atoms. The Bertz CT molecular complexity index is 4720. The largest absolute Gasteiger partial charge is 0.488 e. The van der Waals surface area contributed by atoms with Gasteiger partial charge in [-0.2, -0.15) is 21.0 Å². The molecule has 0 unspecified atom stereocenters. The van der Waals surface area contributed by atoms with E-state index in [1.54, 1.807) is 0 Å². The van der Waals surface area contributed by atoms with Crippen molar-refractivity contribution in [2.75, 3.05) is 0 Å². The number of allylic oxidation sites excluding steroid dienone is 4. The Morgan fingerprint density at radius 2 is 0.452 bits per heavy atom. The van der Waals surface area contributed by atoms with Crippen LogP contribution in [0.3, 0.4) is 0 Å². The maximum atomic E-state index is 11.6. The molecule has 0 amide bonds. The first-order chi connectivity index (χ1) is 50.9. The molecule has 13 rings (SSSR count). The molecule has 12 aromatic rings. The minimum absolute atomic E-state index is 0.161. The van der Waals surface area contributed by atoms with Gasteiger partial charge in [-0.3, -0.25) is 0 Å². The average Bonchev–Trinajstić information content (AvgIpc) is 0.767. The van der Waals surface area contributed by atoms with Crippen molar-refractivity contribution in [2.24, 2.45) is 0 Å². The van der Waals surface area contributed by atoms with Gasteiger partial charge in [0.25, 0.3) is 0 Å². The fourth-order valence-corrected chi connectivity index (χ4v) is 14.6. The SMILES string of the molecule is N#C/C(=C\c1cccc(Br)c1)c1cc2c(OCc3ccccc3)c(c1)Cc1cc(/C(C#N)=C/c3cccc(Br)c3)cc(c1OCc1ccccc1)Cc1cc(/C(C#N)=C/c3cccc(Br)c3)cc(c1OCc1ccccc1)Cc1cc(/C(C#N)=C/c3cccc(Br)c3)cc(c1OCc1ccccc1)C2. The number of nitriles is 4. The molecule has 0 radical (unpaired) electrons. The van der Waals surface area contributed by atoms with Crippen LogP contribution < -0.4 is 18.9 Å². The van der Waals surface area contributed by atoms with Crippen molar-refractivity contribution >= 4 is 110 Å². The van der Waals surface area contributed by atoms with Crippen LogP contribution in [0.1, 0.15) is 111 Å². The van der Waals surface area contributed by atoms with Gasteiger partial charge < -0.3 is 18.9 Å². The highest BCUT2D eigenvalue weighted by molar-refractivity contribution is 9.11. The van der Waals surface area contributed by atoms with Crippen molar-refractivity contribution in [2.45, 2.75) is 52.1 Å². The Kier molecular flexibility index (Phi) is 23.3. The van der Waals surface area contributed by atoms with Crippen LogP contribution >= 0.6 is 63.7 Å². The highest BCUT2D eigenvalue weighted by Crippen LogP contribution is 2.45. The normalized spacial score (nSPS) is 12.2. The van der Waals surface area contributed by atoms with Gasteiger partial charge in [-0.1, -0.05) is 234 Å². The summed E-state index contributed by atoms with van der Waals surface area (Å²) < 4.78 is 33.0. The molecule has 0 atom stereocenters. The van der Waals surface area contributed by atoms with Crippen LogP contribution in [0.5, 0.6) is 23.0 Å². The molecule has 8 bridgehead atoms. The molecule has 1 aliphatic carbocycles. The topological polar surface area (TPSA) is 132 Å². The van der Waals surface area contributed by atoms with Gasteiger partial charge in [0.1, 0.15) is 49.4 Å². The summed E-state index contributed by atoms with van der Waals surface area (Å²) in [6.07, 6.45) is 8.23. The van der Waals surface area contributed by atoms with E-state index in [-0.39, 0.29) is 52.1 Å². The lowest BCUT2D eigenvalue weighted by molar-refractivity contribution is 0.293. The maximum Gasteiger partial charge on any atom is 0.126 e. The Hall–Kier alpha value is -11.3. The van der Waals surface area contributed by atoms with Crippen LogP contribution in [0.2, 0.25) is 0 Å². The molecule has 8 nitrogen and oxygen atoms in total. The third-order valence-corrected chi connectivity index (χ3v) is 19.7. The number of hydrogen-bond acceptors (Lipinski definition) is 8. The fourth-order valence-electron chi connectivity index (χ4n) is 12.9. The molecule has 0 saturated carbocycles. The summed E-state index contributed by atoms with van der Waals surface area (Å²) in [6.45, 7) is 0.706. The summed E-state index contributed by atoms with van der Waals surface area (Å²) in [5.74, 6) is 2.26. The minimum atomic E-state index is 0.161. The van der Waals surface area contributed by atoms with E-state index in [1.165, 1.54) is 0 Å². The lowest BCUT2D eigenvalue weighted by Crippen LogP contribution is -2.11. The number of halogens is 4. The van der Waals surface area contributed by atoms with Crippen molar-refractivity contribution in [3.05, 3.63) is 396 Å². The Morgan fingerprint density at radius 1 is 0.260 bits per heavy atom. The van der Waals surface area contributed by atoms with E-state index in [4.69, 9.17) is 18.9 Å². The van der Waals surface area contributed by atoms with E-state index in [0.29, 0.717) is 67.5 Å². The molecule has 0 fully saturated rings. The van der Waals surface area contributed by atoms with Gasteiger partial charge in [-0.05, 0) is 233 Å². The lowest BCUT2D eigenvalue weighted by Gasteiger charge is -2.25. The summed E-state index contributed by atoms with van der Waals surface area (Å²) in [7, 11) is 0. The third-order valence-electron chi connectivity index (χ3n) is 17.8. The Balaban J connectivity index is 1.18. The standard InChI is InChI=1S/C92H64Br4N4O4/c93-85-29-13-25-65(37-85)33-81(53-97)69-41-73-49-75-43-70(82(54-98)34-66-26-14-30-86(94)38-66)45-77(90(75)102-58-62-19-7-2-8-20-62)51-79-47-72(84(56-100)36-68-28-16-32-88(96)40-68)48-80(92(79)104-60-64-23-11-4-12-24-64)52-78-46-71(83(55-99)35-67-27-15-31-87(95)39-67)44-76(91(78)103-59-63-21-9-3-10-22-63)50-74(42-69)89(73)101-57-61-17-5-1-6-18-61/h1-48H,49-52,57-60H2/b81-33+,82-34+,83-35+,84-36+. The number of rotatable bonds is 20. The zero-order valence-corrected chi connectivity index (χ0v) is 62.6. The molecule has 0 spiro atoms. The predicted molar refractivity (Wildman–Crippen MR) is 431 cm³/mol. The van der Waals surface area contributed by atoms with Crippen LogP contribution in [-0.2, 0) is 52.1 Å². The van der Waals surface area contributed by atoms with Crippen molar-refractivity contribution in [1.82, 2.24) is 0 Å². The second-order valence-electron chi connectivity index (χ2n) is 25.2. The van der Waals surface area contributed by atoms with Gasteiger partial charge in [0, 0.05) is 43.6 Å². The zero-order valence-electron chi connectivity index (χ0n) is 56.3. The van der Waals surface area contributed by atoms with Crippen molar-refractivity contribution in [3.8, 4) is 47.3 Å². The van der Waals surface area contributed by atoms with E-state index in [0.717, 1.165) is 107 Å². The van der Waals surface area contributed by atoms with Gasteiger partial charge in [-0.15, -0.1) is 0 Å². The maximum absolute atomic E-state index is 11.6. The molecule has 1 aliphatic rings. The zero-order chi connectivity index (χ0) is 71.7. The second-order valence-corrected chi connectivity index (χ2v) is 28.9. The molecule has 0 N–H and O–H groups in total. The van der Waals surface area contributed by atoms with Crippen LogP contribution in [0.4, 0.5) is 0 Å². The summed E-state index contributed by atoms with van der Waals surface area (Å²) >= 11 is 14.7. The number of hydrogen-bond donors (Lipinski definition) is 0. The van der Waals surface area contributed by atoms with E-state index < -0.39 is 0 Å². The first-order valence-corrected chi connectivity index (χ1v) is 36.9. The third kappa shape index (κ3) is 18.1. The highest BCUT2D eigenvalue weighted by Gasteiger charge is 2.27. The molecule has 0 aliphatic heterocycles. The molecule has 0 saturated heterocycles. The molecular weight excluding hydrogens is 1540 g/mol. The molecular formula is C92H64Br4N4O4. The average molecular weight is 1610 g/mol. The van der Waals surface area contributed by atoms with Crippen LogP contribution in [0.25, 0.3) is 46.6 Å². The van der Waals surface area contributed by atoms with Crippen LogP contribution in [-0.4, -0.2) is 0 Å². The molecule has 12 aromatic carbocycles. The summed E-state index contributed by atoms with van der Waals surface area (Å²) in [5, 5.41) is 46.2. The molecule has 0 aromatic heterocycles. The smallest absolute Gasteiger partial charge is 0.126 e. The van der Waals surface area contributed by atoms with E-state index >= 15 is 0 Å². The molecule has 0 heterocycles. The predicted octanol–water partition coefficient (Wildman–Crippen LogP) is 24.0. The molecule has 12 heteroatoms. The summed E-state index contributed by atoms with van der Waals surface area (Å²) in [6, 6.07) is 98.3. The summed E-state index contributed by atoms with van der Waals surface area (Å²) in [5.41, 5.74) is 16.9. The highest BCUT2D eigenvalue weighted by atomic mass is 79.9. The van der Waals surface area contributed by atoms with Gasteiger partial charge in [0.15, 0.2) is 0 Å². The van der Waals surface area contributed by atoms with E-state index in [9.17, 15) is 21.0 Å². The van der Waals surface area contributed by atoms with Crippen molar-refractivity contribution < 1.29 is 18.9 Å². The monoisotopic (exact) mass is 1600 g/mol. The molecule has 504 valence electrons. The fraction of sp³-hybridized carbons (Fsp3) is 0.0870. The van der Waals surface area contributed by atoms with Crippen LogP contribution in [0.15, 0.2) is 285 Å².